The minimum Gasteiger partial charge on any atom is -0.327 e. The van der Waals surface area contributed by atoms with E-state index in [1.54, 1.807) is 0 Å². The lowest BCUT2D eigenvalue weighted by Gasteiger charge is -2.03. The van der Waals surface area contributed by atoms with E-state index >= 15 is 0 Å². The Kier molecular flexibility index (Phi) is 2.15. The molecule has 0 bridgehead atoms. The number of halogens is 1. The molecule has 4 heteroatoms. The zero-order valence-electron chi connectivity index (χ0n) is 8.33. The van der Waals surface area contributed by atoms with Crippen molar-refractivity contribution in [1.82, 2.24) is 14.9 Å². The van der Waals surface area contributed by atoms with Crippen LogP contribution in [0.2, 0.25) is 5.02 Å². The van der Waals surface area contributed by atoms with E-state index < -0.39 is 0 Å². The van der Waals surface area contributed by atoms with Crippen LogP contribution in [0.5, 0.6) is 0 Å². The van der Waals surface area contributed by atoms with E-state index in [0.29, 0.717) is 0 Å². The Bertz CT molecular complexity index is 504. The number of rotatable bonds is 0. The molecule has 0 amide bonds. The van der Waals surface area contributed by atoms with Gasteiger partial charge in [-0.15, -0.1) is 0 Å². The molecule has 0 fully saturated rings. The monoisotopic (exact) mass is 221 g/mol. The van der Waals surface area contributed by atoms with E-state index in [-0.39, 0.29) is 0 Å². The summed E-state index contributed by atoms with van der Waals surface area (Å²) in [4.78, 5) is 4.62. The highest BCUT2D eigenvalue weighted by Crippen LogP contribution is 2.21. The van der Waals surface area contributed by atoms with Crippen molar-refractivity contribution in [2.24, 2.45) is 0 Å². The van der Waals surface area contributed by atoms with Crippen LogP contribution in [0.3, 0.4) is 0 Å². The van der Waals surface area contributed by atoms with Crippen LogP contribution >= 0.6 is 11.6 Å². The van der Waals surface area contributed by atoms with Crippen molar-refractivity contribution in [3.05, 3.63) is 29.0 Å². The zero-order chi connectivity index (χ0) is 10.3. The van der Waals surface area contributed by atoms with Gasteiger partial charge in [0.2, 0.25) is 0 Å². The molecule has 2 heterocycles. The molecular weight excluding hydrogens is 210 g/mol. The highest BCUT2D eigenvalue weighted by molar-refractivity contribution is 6.31. The molecule has 1 N–H and O–H groups in total. The van der Waals surface area contributed by atoms with Gasteiger partial charge >= 0.3 is 0 Å². The Balaban J connectivity index is 2.24. The molecule has 3 rings (SSSR count). The minimum atomic E-state index is 0.780. The SMILES string of the molecule is Clc1ccc2nc3n(c2c1)CCNCC3. The predicted molar refractivity (Wildman–Crippen MR) is 61.3 cm³/mol. The Morgan fingerprint density at radius 2 is 2.27 bits per heavy atom. The molecule has 0 aliphatic carbocycles. The number of nitrogens with zero attached hydrogens (tertiary/aromatic N) is 2. The highest BCUT2D eigenvalue weighted by atomic mass is 35.5. The smallest absolute Gasteiger partial charge is 0.111 e. The van der Waals surface area contributed by atoms with Gasteiger partial charge < -0.3 is 9.88 Å². The summed E-state index contributed by atoms with van der Waals surface area (Å²) in [5, 5.41) is 4.15. The fraction of sp³-hybridized carbons (Fsp3) is 0.364. The summed E-state index contributed by atoms with van der Waals surface area (Å²) in [5.41, 5.74) is 2.21. The maximum Gasteiger partial charge on any atom is 0.111 e. The molecule has 0 saturated heterocycles. The number of fused-ring (bicyclic) bond motifs is 3. The quantitative estimate of drug-likeness (QED) is 0.736. The lowest BCUT2D eigenvalue weighted by molar-refractivity contribution is 0.657. The molecule has 1 aromatic heterocycles. The Morgan fingerprint density at radius 3 is 3.20 bits per heavy atom. The minimum absolute atomic E-state index is 0.780. The van der Waals surface area contributed by atoms with Gasteiger partial charge in [0.05, 0.1) is 11.0 Å². The number of hydrogen-bond donors (Lipinski definition) is 1. The maximum atomic E-state index is 6.00. The Morgan fingerprint density at radius 1 is 1.33 bits per heavy atom. The summed E-state index contributed by atoms with van der Waals surface area (Å²) in [6, 6.07) is 5.89. The molecule has 1 aliphatic heterocycles. The molecule has 2 aromatic rings. The first-order valence-electron chi connectivity index (χ1n) is 5.20. The molecular formula is C11H12ClN3. The molecule has 0 radical (unpaired) electrons. The second-order valence-corrected chi connectivity index (χ2v) is 4.25. The van der Waals surface area contributed by atoms with Crippen molar-refractivity contribution in [3.63, 3.8) is 0 Å². The van der Waals surface area contributed by atoms with E-state index in [1.807, 2.05) is 18.2 Å². The third-order valence-electron chi connectivity index (χ3n) is 2.83. The van der Waals surface area contributed by atoms with Crippen molar-refractivity contribution in [1.29, 1.82) is 0 Å². The van der Waals surface area contributed by atoms with Gasteiger partial charge in [0.25, 0.3) is 0 Å². The molecule has 0 unspecified atom stereocenters. The van der Waals surface area contributed by atoms with Crippen LogP contribution in [0.4, 0.5) is 0 Å². The number of hydrogen-bond acceptors (Lipinski definition) is 2. The lowest BCUT2D eigenvalue weighted by atomic mass is 10.3. The fourth-order valence-corrected chi connectivity index (χ4v) is 2.27. The van der Waals surface area contributed by atoms with Crippen LogP contribution in [0, 0.1) is 0 Å². The second kappa shape index (κ2) is 3.51. The van der Waals surface area contributed by atoms with E-state index in [0.717, 1.165) is 47.9 Å². The van der Waals surface area contributed by atoms with Crippen molar-refractivity contribution in [2.75, 3.05) is 13.1 Å². The van der Waals surface area contributed by atoms with Crippen LogP contribution in [0.15, 0.2) is 18.2 Å². The van der Waals surface area contributed by atoms with Crippen molar-refractivity contribution < 1.29 is 0 Å². The summed E-state index contributed by atoms with van der Waals surface area (Å²) in [6.07, 6.45) is 0.992. The van der Waals surface area contributed by atoms with Gasteiger partial charge in [-0.1, -0.05) is 11.6 Å². The zero-order valence-corrected chi connectivity index (χ0v) is 9.09. The standard InChI is InChI=1S/C11H12ClN3/c12-8-1-2-9-10(7-8)15-6-5-13-4-3-11(15)14-9/h1-2,7,13H,3-6H2. The van der Waals surface area contributed by atoms with E-state index in [4.69, 9.17) is 11.6 Å². The van der Waals surface area contributed by atoms with E-state index in [2.05, 4.69) is 14.9 Å². The Hall–Kier alpha value is -1.06. The van der Waals surface area contributed by atoms with Crippen LogP contribution in [0.1, 0.15) is 5.82 Å². The summed E-state index contributed by atoms with van der Waals surface area (Å²) in [6.45, 7) is 2.99. The maximum absolute atomic E-state index is 6.00. The van der Waals surface area contributed by atoms with Gasteiger partial charge in [-0.2, -0.15) is 0 Å². The van der Waals surface area contributed by atoms with Crippen LogP contribution in [-0.2, 0) is 13.0 Å². The first-order valence-corrected chi connectivity index (χ1v) is 5.58. The first kappa shape index (κ1) is 9.19. The largest absolute Gasteiger partial charge is 0.327 e. The molecule has 0 spiro atoms. The van der Waals surface area contributed by atoms with Gasteiger partial charge in [0, 0.05) is 31.1 Å². The molecule has 1 aliphatic rings. The summed E-state index contributed by atoms with van der Waals surface area (Å²) >= 11 is 6.00. The molecule has 15 heavy (non-hydrogen) atoms. The molecule has 1 aromatic carbocycles. The van der Waals surface area contributed by atoms with Crippen LogP contribution in [0.25, 0.3) is 11.0 Å². The average Bonchev–Trinajstić information content (AvgIpc) is 2.44. The lowest BCUT2D eigenvalue weighted by Crippen LogP contribution is -2.17. The summed E-state index contributed by atoms with van der Waals surface area (Å²) in [5.74, 6) is 1.16. The van der Waals surface area contributed by atoms with Gasteiger partial charge in [-0.25, -0.2) is 4.98 Å². The van der Waals surface area contributed by atoms with E-state index in [9.17, 15) is 0 Å². The van der Waals surface area contributed by atoms with Crippen molar-refractivity contribution >= 4 is 22.6 Å². The van der Waals surface area contributed by atoms with Crippen molar-refractivity contribution in [2.45, 2.75) is 13.0 Å². The topological polar surface area (TPSA) is 29.9 Å². The summed E-state index contributed by atoms with van der Waals surface area (Å²) in [7, 11) is 0. The highest BCUT2D eigenvalue weighted by Gasteiger charge is 2.12. The third kappa shape index (κ3) is 1.52. The fourth-order valence-electron chi connectivity index (χ4n) is 2.10. The summed E-state index contributed by atoms with van der Waals surface area (Å²) < 4.78 is 2.27. The number of imidazole rings is 1. The molecule has 3 nitrogen and oxygen atoms in total. The molecule has 78 valence electrons. The van der Waals surface area contributed by atoms with Crippen molar-refractivity contribution in [3.8, 4) is 0 Å². The second-order valence-electron chi connectivity index (χ2n) is 3.81. The predicted octanol–water partition coefficient (Wildman–Crippen LogP) is 1.84. The number of nitrogens with one attached hydrogen (secondary N) is 1. The molecule has 0 saturated carbocycles. The Labute approximate surface area is 93.1 Å². The number of benzene rings is 1. The average molecular weight is 222 g/mol. The van der Waals surface area contributed by atoms with Gasteiger partial charge in [0.15, 0.2) is 0 Å². The third-order valence-corrected chi connectivity index (χ3v) is 3.06. The first-order chi connectivity index (χ1) is 7.34. The van der Waals surface area contributed by atoms with Gasteiger partial charge in [-0.3, -0.25) is 0 Å². The van der Waals surface area contributed by atoms with Crippen LogP contribution < -0.4 is 5.32 Å². The van der Waals surface area contributed by atoms with Crippen LogP contribution in [-0.4, -0.2) is 22.6 Å². The molecule has 0 atom stereocenters. The van der Waals surface area contributed by atoms with E-state index in [1.165, 1.54) is 0 Å². The normalized spacial score (nSPS) is 16.3. The van der Waals surface area contributed by atoms with Gasteiger partial charge in [-0.05, 0) is 18.2 Å². The van der Waals surface area contributed by atoms with Gasteiger partial charge in [0.1, 0.15) is 5.82 Å². The number of aromatic nitrogens is 2.